The van der Waals surface area contributed by atoms with Crippen molar-refractivity contribution in [2.45, 2.75) is 56.4 Å². The highest BCUT2D eigenvalue weighted by Gasteiger charge is 2.27. The van der Waals surface area contributed by atoms with Gasteiger partial charge in [-0.1, -0.05) is 24.3 Å². The van der Waals surface area contributed by atoms with E-state index in [1.165, 1.54) is 4.31 Å². The van der Waals surface area contributed by atoms with E-state index in [9.17, 15) is 18.0 Å². The molecule has 2 heterocycles. The van der Waals surface area contributed by atoms with Crippen molar-refractivity contribution in [2.24, 2.45) is 0 Å². The van der Waals surface area contributed by atoms with Gasteiger partial charge in [0.1, 0.15) is 0 Å². The van der Waals surface area contributed by atoms with Gasteiger partial charge in [0.2, 0.25) is 21.8 Å². The molecule has 0 spiro atoms. The second-order valence-corrected chi connectivity index (χ2v) is 10.6. The number of hydrogen-bond donors (Lipinski definition) is 1. The molecular weight excluding hydrogens is 438 g/mol. The van der Waals surface area contributed by atoms with Gasteiger partial charge < -0.3 is 10.2 Å². The van der Waals surface area contributed by atoms with Crippen molar-refractivity contribution < 1.29 is 18.0 Å². The fourth-order valence-corrected chi connectivity index (χ4v) is 5.88. The molecule has 0 saturated carbocycles. The number of carbonyl (C=O) groups excluding carboxylic acids is 2. The maximum atomic E-state index is 12.6. The Balaban J connectivity index is 1.27. The molecule has 0 aliphatic carbocycles. The summed E-state index contributed by atoms with van der Waals surface area (Å²) in [6.45, 7) is 2.32. The Morgan fingerprint density at radius 1 is 0.909 bits per heavy atom. The van der Waals surface area contributed by atoms with Crippen molar-refractivity contribution in [2.75, 3.05) is 24.5 Å². The topological polar surface area (TPSA) is 86.8 Å². The summed E-state index contributed by atoms with van der Waals surface area (Å²) in [6, 6.07) is 14.6. The summed E-state index contributed by atoms with van der Waals surface area (Å²) >= 11 is 0. The lowest BCUT2D eigenvalue weighted by Crippen LogP contribution is -2.35. The van der Waals surface area contributed by atoms with E-state index in [4.69, 9.17) is 0 Å². The molecule has 0 radical (unpaired) electrons. The fraction of sp³-hybridized carbons (Fsp3) is 0.440. The van der Waals surface area contributed by atoms with Gasteiger partial charge in [0.05, 0.1) is 4.90 Å². The Morgan fingerprint density at radius 2 is 1.64 bits per heavy atom. The molecule has 2 aliphatic rings. The van der Waals surface area contributed by atoms with Crippen LogP contribution in [0, 0.1) is 0 Å². The van der Waals surface area contributed by atoms with Crippen LogP contribution in [-0.4, -0.2) is 44.2 Å². The second-order valence-electron chi connectivity index (χ2n) is 8.70. The summed E-state index contributed by atoms with van der Waals surface area (Å²) in [4.78, 5) is 26.6. The van der Waals surface area contributed by atoms with Crippen LogP contribution < -0.4 is 10.2 Å². The number of benzene rings is 2. The van der Waals surface area contributed by atoms with Crippen LogP contribution in [0.1, 0.15) is 49.7 Å². The first-order valence-electron chi connectivity index (χ1n) is 11.7. The molecule has 0 bridgehead atoms. The molecule has 4 rings (SSSR count). The van der Waals surface area contributed by atoms with Gasteiger partial charge in [-0.3, -0.25) is 9.59 Å². The molecule has 7 nitrogen and oxygen atoms in total. The van der Waals surface area contributed by atoms with Crippen LogP contribution in [0.3, 0.4) is 0 Å². The standard InChI is InChI=1S/C25H31N3O4S/c29-24(26-19-21-6-5-7-22(18-21)28-17-2-1-8-25(28)30)14-11-20-9-12-23(13-10-20)33(31,32)27-15-3-4-16-27/h5-7,9-10,12-13,18H,1-4,8,11,14-17,19H2,(H,26,29). The minimum Gasteiger partial charge on any atom is -0.352 e. The summed E-state index contributed by atoms with van der Waals surface area (Å²) in [5.74, 6) is 0.0879. The quantitative estimate of drug-likeness (QED) is 0.643. The zero-order valence-corrected chi connectivity index (χ0v) is 19.6. The summed E-state index contributed by atoms with van der Waals surface area (Å²) in [7, 11) is -3.41. The normalized spacial score (nSPS) is 17.3. The summed E-state index contributed by atoms with van der Waals surface area (Å²) in [5, 5.41) is 2.94. The van der Waals surface area contributed by atoms with Gasteiger partial charge in [0.15, 0.2) is 0 Å². The largest absolute Gasteiger partial charge is 0.352 e. The lowest BCUT2D eigenvalue weighted by Gasteiger charge is -2.27. The minimum absolute atomic E-state index is 0.0665. The van der Waals surface area contributed by atoms with E-state index in [0.717, 1.165) is 49.0 Å². The fourth-order valence-electron chi connectivity index (χ4n) is 4.37. The Hall–Kier alpha value is -2.71. The third-order valence-corrected chi connectivity index (χ3v) is 8.22. The van der Waals surface area contributed by atoms with E-state index < -0.39 is 10.0 Å². The van der Waals surface area contributed by atoms with Gasteiger partial charge in [0, 0.05) is 44.7 Å². The predicted molar refractivity (Wildman–Crippen MR) is 127 cm³/mol. The SMILES string of the molecule is O=C(CCc1ccc(S(=O)(=O)N2CCCC2)cc1)NCc1cccc(N2CCCCC2=O)c1. The van der Waals surface area contributed by atoms with Crippen LogP contribution >= 0.6 is 0 Å². The van der Waals surface area contributed by atoms with Gasteiger partial charge in [-0.15, -0.1) is 0 Å². The second kappa shape index (κ2) is 10.5. The molecule has 8 heteroatoms. The highest BCUT2D eigenvalue weighted by Crippen LogP contribution is 2.23. The average molecular weight is 470 g/mol. The third kappa shape index (κ3) is 5.81. The summed E-state index contributed by atoms with van der Waals surface area (Å²) < 4.78 is 26.8. The molecule has 0 aromatic heterocycles. The zero-order chi connectivity index (χ0) is 23.3. The van der Waals surface area contributed by atoms with Crippen molar-refractivity contribution in [1.29, 1.82) is 0 Å². The molecule has 0 atom stereocenters. The number of carbonyl (C=O) groups is 2. The zero-order valence-electron chi connectivity index (χ0n) is 18.8. The highest BCUT2D eigenvalue weighted by molar-refractivity contribution is 7.89. The monoisotopic (exact) mass is 469 g/mol. The van der Waals surface area contributed by atoms with Gasteiger partial charge in [-0.2, -0.15) is 4.31 Å². The van der Waals surface area contributed by atoms with Crippen molar-refractivity contribution in [1.82, 2.24) is 9.62 Å². The number of anilines is 1. The van der Waals surface area contributed by atoms with Crippen LogP contribution in [0.2, 0.25) is 0 Å². The molecule has 2 amide bonds. The Bertz CT molecular complexity index is 1090. The van der Waals surface area contributed by atoms with E-state index in [1.807, 2.05) is 29.2 Å². The van der Waals surface area contributed by atoms with Crippen LogP contribution in [0.25, 0.3) is 0 Å². The van der Waals surface area contributed by atoms with Crippen LogP contribution in [-0.2, 0) is 32.6 Å². The van der Waals surface area contributed by atoms with Gasteiger partial charge in [0.25, 0.3) is 0 Å². The maximum absolute atomic E-state index is 12.6. The Kier molecular flexibility index (Phi) is 7.45. The van der Waals surface area contributed by atoms with Gasteiger partial charge in [-0.25, -0.2) is 8.42 Å². The molecule has 0 unspecified atom stereocenters. The van der Waals surface area contributed by atoms with Gasteiger partial charge in [-0.05, 0) is 67.5 Å². The minimum atomic E-state index is -3.41. The lowest BCUT2D eigenvalue weighted by atomic mass is 10.1. The summed E-state index contributed by atoms with van der Waals surface area (Å²) in [6.07, 6.45) is 5.23. The highest BCUT2D eigenvalue weighted by atomic mass is 32.2. The van der Waals surface area contributed by atoms with E-state index in [-0.39, 0.29) is 11.8 Å². The molecule has 2 aliphatic heterocycles. The van der Waals surface area contributed by atoms with Crippen molar-refractivity contribution >= 4 is 27.5 Å². The van der Waals surface area contributed by atoms with E-state index >= 15 is 0 Å². The molecule has 2 fully saturated rings. The van der Waals surface area contributed by atoms with E-state index in [0.29, 0.717) is 43.8 Å². The first-order chi connectivity index (χ1) is 15.9. The number of sulfonamides is 1. The third-order valence-electron chi connectivity index (χ3n) is 6.30. The van der Waals surface area contributed by atoms with Crippen LogP contribution in [0.5, 0.6) is 0 Å². The smallest absolute Gasteiger partial charge is 0.243 e. The number of piperidine rings is 1. The summed E-state index contributed by atoms with van der Waals surface area (Å²) in [5.41, 5.74) is 2.77. The number of hydrogen-bond acceptors (Lipinski definition) is 4. The van der Waals surface area contributed by atoms with E-state index in [1.54, 1.807) is 24.3 Å². The molecular formula is C25H31N3O4S. The molecule has 176 valence electrons. The van der Waals surface area contributed by atoms with Crippen molar-refractivity contribution in [3.63, 3.8) is 0 Å². The predicted octanol–water partition coefficient (Wildman–Crippen LogP) is 3.24. The van der Waals surface area contributed by atoms with E-state index in [2.05, 4.69) is 5.32 Å². The molecule has 2 saturated heterocycles. The van der Waals surface area contributed by atoms with Gasteiger partial charge >= 0.3 is 0 Å². The Labute approximate surface area is 195 Å². The van der Waals surface area contributed by atoms with Crippen molar-refractivity contribution in [3.05, 3.63) is 59.7 Å². The first kappa shape index (κ1) is 23.4. The number of nitrogens with zero attached hydrogens (tertiary/aromatic N) is 2. The number of amides is 2. The van der Waals surface area contributed by atoms with Crippen molar-refractivity contribution in [3.8, 4) is 0 Å². The first-order valence-corrected chi connectivity index (χ1v) is 13.1. The average Bonchev–Trinajstić information content (AvgIpc) is 3.38. The Morgan fingerprint density at radius 3 is 2.36 bits per heavy atom. The lowest BCUT2D eigenvalue weighted by molar-refractivity contribution is -0.121. The molecule has 1 N–H and O–H groups in total. The number of rotatable bonds is 8. The number of nitrogens with one attached hydrogen (secondary N) is 1. The maximum Gasteiger partial charge on any atom is 0.243 e. The van der Waals surface area contributed by atoms with Crippen LogP contribution in [0.15, 0.2) is 53.4 Å². The molecule has 2 aromatic carbocycles. The molecule has 33 heavy (non-hydrogen) atoms. The van der Waals surface area contributed by atoms with Crippen LogP contribution in [0.4, 0.5) is 5.69 Å². The molecule has 2 aromatic rings. The number of aryl methyl sites for hydroxylation is 1.